The van der Waals surface area contributed by atoms with Crippen molar-refractivity contribution in [2.75, 3.05) is 7.11 Å². The third-order valence-electron chi connectivity index (χ3n) is 4.30. The van der Waals surface area contributed by atoms with Crippen molar-refractivity contribution >= 4 is 5.97 Å². The van der Waals surface area contributed by atoms with E-state index in [1.165, 1.54) is 20.0 Å². The minimum atomic E-state index is -0.387. The summed E-state index contributed by atoms with van der Waals surface area (Å²) in [5.74, 6) is 1.26. The van der Waals surface area contributed by atoms with E-state index in [1.807, 2.05) is 0 Å². The molecule has 3 unspecified atom stereocenters. The van der Waals surface area contributed by atoms with Crippen LogP contribution in [0.5, 0.6) is 0 Å². The number of ether oxygens (including phenoxy) is 1. The number of carbonyl (C=O) groups is 1. The average Bonchev–Trinajstić information content (AvgIpc) is 3.06. The topological polar surface area (TPSA) is 38.3 Å². The smallest absolute Gasteiger partial charge is 0.326 e. The summed E-state index contributed by atoms with van der Waals surface area (Å²) >= 11 is 0. The molecule has 0 bridgehead atoms. The Morgan fingerprint density at radius 2 is 1.94 bits per heavy atom. The lowest BCUT2D eigenvalue weighted by atomic mass is 9.71. The molecule has 3 heteroatoms. The molecule has 0 aromatic carbocycles. The molecule has 92 valence electrons. The molecule has 2 rings (SSSR count). The summed E-state index contributed by atoms with van der Waals surface area (Å²) in [6, 6.07) is 0.555. The van der Waals surface area contributed by atoms with Gasteiger partial charge in [-0.25, -0.2) is 0 Å². The van der Waals surface area contributed by atoms with Gasteiger partial charge in [0, 0.05) is 6.04 Å². The monoisotopic (exact) mass is 225 g/mol. The molecular weight excluding hydrogens is 202 g/mol. The summed E-state index contributed by atoms with van der Waals surface area (Å²) in [7, 11) is 1.50. The van der Waals surface area contributed by atoms with Crippen LogP contribution in [0.15, 0.2) is 0 Å². The van der Waals surface area contributed by atoms with Gasteiger partial charge in [0.1, 0.15) is 5.54 Å². The van der Waals surface area contributed by atoms with Crippen molar-refractivity contribution in [2.24, 2.45) is 11.8 Å². The summed E-state index contributed by atoms with van der Waals surface area (Å²) in [5, 5.41) is 3.53. The molecule has 2 aliphatic carbocycles. The Morgan fingerprint density at radius 3 is 2.44 bits per heavy atom. The van der Waals surface area contributed by atoms with Gasteiger partial charge in [-0.05, 0) is 43.9 Å². The van der Waals surface area contributed by atoms with Gasteiger partial charge in [0.25, 0.3) is 0 Å². The fourth-order valence-corrected chi connectivity index (χ4v) is 2.80. The van der Waals surface area contributed by atoms with Crippen LogP contribution in [0.4, 0.5) is 0 Å². The molecule has 0 aromatic heterocycles. The highest BCUT2D eigenvalue weighted by molar-refractivity contribution is 5.81. The van der Waals surface area contributed by atoms with E-state index >= 15 is 0 Å². The molecule has 1 N–H and O–H groups in total. The fourth-order valence-electron chi connectivity index (χ4n) is 2.80. The van der Waals surface area contributed by atoms with Gasteiger partial charge in [-0.2, -0.15) is 0 Å². The highest BCUT2D eigenvalue weighted by atomic mass is 16.5. The number of esters is 1. The second-order valence-electron chi connectivity index (χ2n) is 5.69. The summed E-state index contributed by atoms with van der Waals surface area (Å²) in [6.45, 7) is 4.53. The maximum atomic E-state index is 12.0. The van der Waals surface area contributed by atoms with Gasteiger partial charge in [-0.1, -0.05) is 13.8 Å². The second kappa shape index (κ2) is 4.36. The van der Waals surface area contributed by atoms with Crippen molar-refractivity contribution in [3.63, 3.8) is 0 Å². The van der Waals surface area contributed by atoms with E-state index in [9.17, 15) is 4.79 Å². The lowest BCUT2D eigenvalue weighted by molar-refractivity contribution is -0.151. The van der Waals surface area contributed by atoms with E-state index in [0.717, 1.165) is 25.2 Å². The van der Waals surface area contributed by atoms with Crippen LogP contribution in [-0.2, 0) is 9.53 Å². The molecule has 0 amide bonds. The molecule has 0 heterocycles. The van der Waals surface area contributed by atoms with Crippen molar-refractivity contribution in [1.82, 2.24) is 5.32 Å². The standard InChI is InChI=1S/C13H23NO2/c1-9-6-7-13(8-10(9)2,12(15)16-3)14-11-4-5-11/h9-11,14H,4-8H2,1-3H3. The third kappa shape index (κ3) is 2.24. The lowest BCUT2D eigenvalue weighted by Crippen LogP contribution is -2.57. The first-order valence-electron chi connectivity index (χ1n) is 6.43. The fraction of sp³-hybridized carbons (Fsp3) is 0.923. The predicted molar refractivity (Wildman–Crippen MR) is 63.1 cm³/mol. The Hall–Kier alpha value is -0.570. The van der Waals surface area contributed by atoms with Crippen LogP contribution >= 0.6 is 0 Å². The molecule has 3 atom stereocenters. The quantitative estimate of drug-likeness (QED) is 0.748. The summed E-state index contributed by atoms with van der Waals surface area (Å²) in [4.78, 5) is 12.0. The van der Waals surface area contributed by atoms with Gasteiger partial charge in [-0.3, -0.25) is 10.1 Å². The Bertz CT molecular complexity index is 275. The van der Waals surface area contributed by atoms with E-state index in [2.05, 4.69) is 19.2 Å². The van der Waals surface area contributed by atoms with Crippen molar-refractivity contribution in [3.8, 4) is 0 Å². The number of methoxy groups -OCH3 is 1. The first-order valence-corrected chi connectivity index (χ1v) is 6.43. The van der Waals surface area contributed by atoms with E-state index in [0.29, 0.717) is 12.0 Å². The van der Waals surface area contributed by atoms with E-state index < -0.39 is 0 Å². The molecule has 2 fully saturated rings. The molecule has 0 saturated heterocycles. The summed E-state index contributed by atoms with van der Waals surface area (Å²) in [5.41, 5.74) is -0.387. The van der Waals surface area contributed by atoms with Crippen molar-refractivity contribution in [1.29, 1.82) is 0 Å². The predicted octanol–water partition coefficient (Wildman–Crippen LogP) is 2.11. The van der Waals surface area contributed by atoms with Crippen LogP contribution in [0.25, 0.3) is 0 Å². The van der Waals surface area contributed by atoms with Crippen LogP contribution in [0.3, 0.4) is 0 Å². The number of carbonyl (C=O) groups excluding carboxylic acids is 1. The van der Waals surface area contributed by atoms with E-state index in [4.69, 9.17) is 4.74 Å². The Morgan fingerprint density at radius 1 is 1.25 bits per heavy atom. The van der Waals surface area contributed by atoms with Gasteiger partial charge in [0.05, 0.1) is 7.11 Å². The van der Waals surface area contributed by atoms with Crippen LogP contribution in [0.2, 0.25) is 0 Å². The zero-order chi connectivity index (χ0) is 11.8. The van der Waals surface area contributed by atoms with Crippen LogP contribution < -0.4 is 5.32 Å². The van der Waals surface area contributed by atoms with Gasteiger partial charge in [0.2, 0.25) is 0 Å². The summed E-state index contributed by atoms with van der Waals surface area (Å²) in [6.07, 6.45) is 5.40. The van der Waals surface area contributed by atoms with Crippen LogP contribution in [0, 0.1) is 11.8 Å². The molecule has 0 spiro atoms. The zero-order valence-electron chi connectivity index (χ0n) is 10.6. The number of rotatable bonds is 3. The first-order chi connectivity index (χ1) is 7.57. The normalized spacial score (nSPS) is 39.4. The van der Waals surface area contributed by atoms with Crippen LogP contribution in [0.1, 0.15) is 46.0 Å². The van der Waals surface area contributed by atoms with Gasteiger partial charge in [0.15, 0.2) is 0 Å². The van der Waals surface area contributed by atoms with Gasteiger partial charge >= 0.3 is 5.97 Å². The molecule has 0 aliphatic heterocycles. The highest BCUT2D eigenvalue weighted by Crippen LogP contribution is 2.39. The molecule has 0 radical (unpaired) electrons. The maximum absolute atomic E-state index is 12.0. The van der Waals surface area contributed by atoms with Gasteiger partial charge < -0.3 is 4.74 Å². The van der Waals surface area contributed by atoms with Crippen molar-refractivity contribution < 1.29 is 9.53 Å². The zero-order valence-corrected chi connectivity index (χ0v) is 10.6. The van der Waals surface area contributed by atoms with Gasteiger partial charge in [-0.15, -0.1) is 0 Å². The number of hydrogen-bond donors (Lipinski definition) is 1. The van der Waals surface area contributed by atoms with Crippen molar-refractivity contribution in [3.05, 3.63) is 0 Å². The highest BCUT2D eigenvalue weighted by Gasteiger charge is 2.47. The molecular formula is C13H23NO2. The third-order valence-corrected chi connectivity index (χ3v) is 4.30. The molecule has 0 aromatic rings. The van der Waals surface area contributed by atoms with Crippen molar-refractivity contribution in [2.45, 2.75) is 57.5 Å². The SMILES string of the molecule is COC(=O)C1(NC2CC2)CCC(C)C(C)C1. The van der Waals surface area contributed by atoms with E-state index in [-0.39, 0.29) is 11.5 Å². The van der Waals surface area contributed by atoms with E-state index in [1.54, 1.807) is 0 Å². The Balaban J connectivity index is 2.10. The largest absolute Gasteiger partial charge is 0.468 e. The van der Waals surface area contributed by atoms with Crippen LogP contribution in [-0.4, -0.2) is 24.7 Å². The minimum Gasteiger partial charge on any atom is -0.468 e. The number of nitrogens with one attached hydrogen (secondary N) is 1. The molecule has 16 heavy (non-hydrogen) atoms. The summed E-state index contributed by atoms with van der Waals surface area (Å²) < 4.78 is 5.00. The molecule has 2 saturated carbocycles. The Labute approximate surface area is 97.9 Å². The second-order valence-corrected chi connectivity index (χ2v) is 5.69. The first kappa shape index (κ1) is 11.9. The molecule has 3 nitrogen and oxygen atoms in total. The lowest BCUT2D eigenvalue weighted by Gasteiger charge is -2.41. The Kier molecular flexibility index (Phi) is 3.24. The maximum Gasteiger partial charge on any atom is 0.326 e. The molecule has 2 aliphatic rings. The average molecular weight is 225 g/mol. The minimum absolute atomic E-state index is 0.0573. The number of hydrogen-bond acceptors (Lipinski definition) is 3.